The molecule has 2 aliphatic rings. The molecule has 0 aromatic carbocycles. The van der Waals surface area contributed by atoms with Gasteiger partial charge in [0.1, 0.15) is 0 Å². The summed E-state index contributed by atoms with van der Waals surface area (Å²) < 4.78 is 0. The Labute approximate surface area is 161 Å². The van der Waals surface area contributed by atoms with Gasteiger partial charge in [0.25, 0.3) is 0 Å². The maximum Gasteiger partial charge on any atom is 4.00 e. The normalized spacial score (nSPS) is 12.5. The van der Waals surface area contributed by atoms with Gasteiger partial charge in [-0.25, -0.2) is 12.2 Å². The van der Waals surface area contributed by atoms with Gasteiger partial charge in [0.15, 0.2) is 0 Å². The first-order chi connectivity index (χ1) is 8.86. The van der Waals surface area contributed by atoms with E-state index in [1.54, 1.807) is 0 Å². The Morgan fingerprint density at radius 2 is 1.19 bits per heavy atom. The van der Waals surface area contributed by atoms with E-state index in [9.17, 15) is 0 Å². The zero-order chi connectivity index (χ0) is 13.1. The molecule has 2 aliphatic carbocycles. The van der Waals surface area contributed by atoms with Gasteiger partial charge in [0.05, 0.1) is 0 Å². The van der Waals surface area contributed by atoms with Crippen molar-refractivity contribution in [1.29, 1.82) is 0 Å². The number of hydrogen-bond donors (Lipinski definition) is 0. The van der Waals surface area contributed by atoms with Crippen LogP contribution in [-0.2, 0) is 26.2 Å². The van der Waals surface area contributed by atoms with Crippen molar-refractivity contribution in [1.82, 2.24) is 0 Å². The summed E-state index contributed by atoms with van der Waals surface area (Å²) in [5.74, 6) is 0. The van der Waals surface area contributed by atoms with Crippen LogP contribution in [0.2, 0.25) is 0 Å². The smallest absolute Gasteiger partial charge is 1.00 e. The van der Waals surface area contributed by atoms with Crippen LogP contribution in [0.5, 0.6) is 0 Å². The monoisotopic (exact) mass is 398 g/mol. The molecule has 0 spiro atoms. The van der Waals surface area contributed by atoms with E-state index in [1.807, 2.05) is 0 Å². The molecule has 0 heterocycles. The van der Waals surface area contributed by atoms with E-state index in [2.05, 4.69) is 48.9 Å². The van der Waals surface area contributed by atoms with Crippen molar-refractivity contribution in [2.75, 3.05) is 0 Å². The van der Waals surface area contributed by atoms with E-state index >= 15 is 0 Å². The van der Waals surface area contributed by atoms with Crippen LogP contribution in [-0.4, -0.2) is 0 Å². The topological polar surface area (TPSA) is 0 Å². The molecule has 0 fully saturated rings. The van der Waals surface area contributed by atoms with Crippen molar-refractivity contribution in [3.63, 3.8) is 0 Å². The Morgan fingerprint density at radius 3 is 1.43 bits per heavy atom. The summed E-state index contributed by atoms with van der Waals surface area (Å²) in [6.45, 7) is 4.41. The number of unbranched alkanes of at least 4 members (excludes halogenated alkanes) is 2. The Bertz CT molecular complexity index is 408. The van der Waals surface area contributed by atoms with Gasteiger partial charge in [-0.3, -0.25) is 0 Å². The summed E-state index contributed by atoms with van der Waals surface area (Å²) in [4.78, 5) is 0. The third-order valence-corrected chi connectivity index (χ3v) is 2.92. The summed E-state index contributed by atoms with van der Waals surface area (Å²) in [6, 6.07) is 0. The quantitative estimate of drug-likeness (QED) is 0.407. The van der Waals surface area contributed by atoms with Crippen LogP contribution in [0, 0.1) is 12.2 Å². The second kappa shape index (κ2) is 18.1. The Kier molecular flexibility index (Phi) is 22.4. The summed E-state index contributed by atoms with van der Waals surface area (Å²) in [7, 11) is 0. The number of halogens is 2. The van der Waals surface area contributed by atoms with Gasteiger partial charge in [0.2, 0.25) is 0 Å². The minimum atomic E-state index is 0. The van der Waals surface area contributed by atoms with Crippen LogP contribution in [0.1, 0.15) is 65.2 Å². The van der Waals surface area contributed by atoms with Crippen molar-refractivity contribution >= 4 is 0 Å². The average molecular weight is 401 g/mol. The van der Waals surface area contributed by atoms with E-state index in [4.69, 9.17) is 0 Å². The first-order valence-electron chi connectivity index (χ1n) is 7.04. The first-order valence-corrected chi connectivity index (χ1v) is 7.04. The van der Waals surface area contributed by atoms with Crippen molar-refractivity contribution in [2.45, 2.75) is 65.2 Å². The Balaban J connectivity index is -0.000000270. The largest absolute Gasteiger partial charge is 4.00 e. The van der Waals surface area contributed by atoms with E-state index < -0.39 is 0 Å². The fraction of sp³-hybridized carbons (Fsp3) is 0.556. The van der Waals surface area contributed by atoms with E-state index in [0.29, 0.717) is 0 Å². The molecule has 0 saturated heterocycles. The maximum absolute atomic E-state index is 3.05. The van der Waals surface area contributed by atoms with E-state index in [0.717, 1.165) is 12.8 Å². The van der Waals surface area contributed by atoms with Crippen LogP contribution in [0.15, 0.2) is 34.1 Å². The maximum atomic E-state index is 3.05. The molecule has 21 heavy (non-hydrogen) atoms. The van der Waals surface area contributed by atoms with Gasteiger partial charge in [-0.05, 0) is 12.8 Å². The molecule has 112 valence electrons. The molecule has 2 rings (SSSR count). The van der Waals surface area contributed by atoms with Gasteiger partial charge in [-0.1, -0.05) is 52.4 Å². The van der Waals surface area contributed by atoms with Crippen molar-refractivity contribution in [2.24, 2.45) is 0 Å². The zero-order valence-electron chi connectivity index (χ0n) is 12.9. The number of rotatable bonds is 6. The second-order valence-electron chi connectivity index (χ2n) is 4.62. The summed E-state index contributed by atoms with van der Waals surface area (Å²) in [5.41, 5.74) is 14.5. The average Bonchev–Trinajstić information content (AvgIpc) is 3.07. The Hall–Kier alpha value is 0.0631. The zero-order valence-corrected chi connectivity index (χ0v) is 16.9. The SMILES string of the molecule is CCCCC1=C=C=[C-]C1.CCCCC1=C=C=[C-]C1.[Cl-].[Cl-].[Zr+4]. The molecule has 3 heteroatoms. The van der Waals surface area contributed by atoms with Gasteiger partial charge >= 0.3 is 26.2 Å². The molecule has 0 aromatic rings. The second-order valence-corrected chi connectivity index (χ2v) is 4.62. The standard InChI is InChI=1S/2C9H11.2ClH.Zr/c2*1-2-3-6-9-7-4-5-8-9;;;/h2*2-3,6-7H2,1H3;2*1H;/q2*-1;;;+4/p-2. The summed E-state index contributed by atoms with van der Waals surface area (Å²) in [5, 5.41) is 0. The van der Waals surface area contributed by atoms with Crippen molar-refractivity contribution in [3.05, 3.63) is 46.2 Å². The molecule has 0 saturated carbocycles. The molecular weight excluding hydrogens is 378 g/mol. The van der Waals surface area contributed by atoms with E-state index in [-0.39, 0.29) is 51.0 Å². The minimum absolute atomic E-state index is 0. The molecule has 0 unspecified atom stereocenters. The molecule has 0 amide bonds. The van der Waals surface area contributed by atoms with E-state index in [1.165, 1.54) is 49.7 Å². The molecule has 0 bridgehead atoms. The van der Waals surface area contributed by atoms with Crippen molar-refractivity contribution in [3.8, 4) is 0 Å². The third-order valence-electron chi connectivity index (χ3n) is 2.92. The van der Waals surface area contributed by atoms with Crippen LogP contribution < -0.4 is 24.8 Å². The van der Waals surface area contributed by atoms with Crippen LogP contribution in [0.25, 0.3) is 0 Å². The predicted molar refractivity (Wildman–Crippen MR) is 75.8 cm³/mol. The number of hydrogen-bond acceptors (Lipinski definition) is 0. The molecular formula is C18H22Cl2Zr. The molecule has 0 aromatic heterocycles. The number of allylic oxidation sites excluding steroid dienone is 4. The fourth-order valence-electron chi connectivity index (χ4n) is 1.74. The van der Waals surface area contributed by atoms with Crippen LogP contribution in [0.3, 0.4) is 0 Å². The molecule has 0 N–H and O–H groups in total. The summed E-state index contributed by atoms with van der Waals surface area (Å²) >= 11 is 0. The fourth-order valence-corrected chi connectivity index (χ4v) is 1.74. The minimum Gasteiger partial charge on any atom is -1.00 e. The van der Waals surface area contributed by atoms with Gasteiger partial charge in [0, 0.05) is 0 Å². The molecule has 0 atom stereocenters. The third kappa shape index (κ3) is 13.4. The van der Waals surface area contributed by atoms with Gasteiger partial charge in [-0.15, -0.1) is 11.1 Å². The molecule has 0 radical (unpaired) electrons. The van der Waals surface area contributed by atoms with Crippen LogP contribution in [0.4, 0.5) is 0 Å². The molecule has 0 nitrogen and oxygen atoms in total. The summed E-state index contributed by atoms with van der Waals surface area (Å²) in [6.07, 6.45) is 15.4. The van der Waals surface area contributed by atoms with Crippen molar-refractivity contribution < 1.29 is 51.0 Å². The van der Waals surface area contributed by atoms with Gasteiger partial charge in [-0.2, -0.15) is 0 Å². The molecule has 0 aliphatic heterocycles. The van der Waals surface area contributed by atoms with Gasteiger partial charge < -0.3 is 47.7 Å². The Morgan fingerprint density at radius 1 is 0.810 bits per heavy atom. The van der Waals surface area contributed by atoms with Crippen LogP contribution >= 0.6 is 0 Å². The first kappa shape index (κ1) is 26.0. The predicted octanol–water partition coefficient (Wildman–Crippen LogP) is -0.754.